The molecule has 1 aromatic heterocycles. The van der Waals surface area contributed by atoms with E-state index in [1.807, 2.05) is 30.7 Å². The summed E-state index contributed by atoms with van der Waals surface area (Å²) in [5.74, 6) is 0.908. The predicted molar refractivity (Wildman–Crippen MR) is 107 cm³/mol. The Kier molecular flexibility index (Phi) is 4.72. The van der Waals surface area contributed by atoms with Crippen LogP contribution in [0.2, 0.25) is 0 Å². The Bertz CT molecular complexity index is 965. The number of hydrogen-bond acceptors (Lipinski definition) is 3. The molecule has 0 unspecified atom stereocenters. The number of nitrogens with zero attached hydrogens (tertiary/aromatic N) is 3. The number of hydrogen-bond donors (Lipinski definition) is 1. The monoisotopic (exact) mass is 350 g/mol. The third kappa shape index (κ3) is 3.17. The van der Waals surface area contributed by atoms with Crippen molar-refractivity contribution in [3.63, 3.8) is 0 Å². The van der Waals surface area contributed by atoms with Crippen molar-refractivity contribution in [2.75, 3.05) is 19.4 Å². The maximum atomic E-state index is 12.5. The largest absolute Gasteiger partial charge is 0.379 e. The Labute approximate surface area is 154 Å². The molecule has 0 fully saturated rings. The van der Waals surface area contributed by atoms with Crippen molar-refractivity contribution in [1.82, 2.24) is 14.5 Å². The van der Waals surface area contributed by atoms with Crippen LogP contribution in [0.3, 0.4) is 0 Å². The van der Waals surface area contributed by atoms with E-state index in [0.29, 0.717) is 12.1 Å². The van der Waals surface area contributed by atoms with Crippen LogP contribution in [-0.4, -0.2) is 34.5 Å². The zero-order valence-electron chi connectivity index (χ0n) is 16.3. The average Bonchev–Trinajstić information content (AvgIpc) is 2.88. The molecule has 0 aliphatic carbocycles. The number of carbonyl (C=O) groups excluding carboxylic acids is 1. The number of fused-ring (bicyclic) bond motifs is 1. The fraction of sp³-hybridized carbons (Fsp3) is 0.333. The highest BCUT2D eigenvalue weighted by molar-refractivity contribution is 6.01. The number of carbonyl (C=O) groups is 1. The van der Waals surface area contributed by atoms with Gasteiger partial charge in [-0.15, -0.1) is 0 Å². The maximum absolute atomic E-state index is 12.5. The lowest BCUT2D eigenvalue weighted by Gasteiger charge is -2.15. The molecule has 3 aromatic rings. The minimum Gasteiger partial charge on any atom is -0.379 e. The number of benzene rings is 2. The second-order valence-electron chi connectivity index (χ2n) is 7.03. The lowest BCUT2D eigenvalue weighted by molar-refractivity contribution is 0.0828. The van der Waals surface area contributed by atoms with E-state index in [-0.39, 0.29) is 5.91 Å². The predicted octanol–water partition coefficient (Wildman–Crippen LogP) is 3.81. The van der Waals surface area contributed by atoms with Crippen molar-refractivity contribution >= 4 is 22.6 Å². The number of imidazole rings is 1. The molecule has 1 amide bonds. The molecule has 5 nitrogen and oxygen atoms in total. The quantitative estimate of drug-likeness (QED) is 0.778. The molecule has 136 valence electrons. The molecule has 0 spiro atoms. The summed E-state index contributed by atoms with van der Waals surface area (Å²) in [6, 6.07) is 10.1. The molecule has 0 saturated heterocycles. The Morgan fingerprint density at radius 3 is 2.42 bits per heavy atom. The molecule has 0 aliphatic rings. The van der Waals surface area contributed by atoms with Crippen LogP contribution in [-0.2, 0) is 13.6 Å². The average molecular weight is 350 g/mol. The molecule has 0 radical (unpaired) electrons. The number of anilines is 1. The molecule has 1 heterocycles. The van der Waals surface area contributed by atoms with Crippen LogP contribution in [0.25, 0.3) is 11.0 Å². The van der Waals surface area contributed by atoms with Crippen LogP contribution in [0.4, 0.5) is 5.69 Å². The fourth-order valence-corrected chi connectivity index (χ4v) is 3.23. The minimum atomic E-state index is -0.0131. The van der Waals surface area contributed by atoms with Crippen molar-refractivity contribution in [1.29, 1.82) is 0 Å². The number of aromatic nitrogens is 2. The fourth-order valence-electron chi connectivity index (χ4n) is 3.23. The molecule has 0 saturated carbocycles. The highest BCUT2D eigenvalue weighted by Crippen LogP contribution is 2.27. The zero-order chi connectivity index (χ0) is 19.0. The van der Waals surface area contributed by atoms with E-state index < -0.39 is 0 Å². The standard InChI is InChI=1S/C21H26N4O/c1-13-8-7-9-14(2)17(13)12-22-18-10-16(21(26)24(4)5)11-19-20(18)23-15(3)25(19)6/h7-11,22H,12H2,1-6H3. The molecular formula is C21H26N4O. The van der Waals surface area contributed by atoms with E-state index in [4.69, 9.17) is 4.98 Å². The van der Waals surface area contributed by atoms with Gasteiger partial charge in [-0.05, 0) is 49.6 Å². The van der Waals surface area contributed by atoms with Crippen molar-refractivity contribution in [3.8, 4) is 0 Å². The van der Waals surface area contributed by atoms with Gasteiger partial charge in [0.05, 0.1) is 11.2 Å². The van der Waals surface area contributed by atoms with Crippen LogP contribution in [0.5, 0.6) is 0 Å². The first-order valence-electron chi connectivity index (χ1n) is 8.77. The molecule has 0 atom stereocenters. The number of aryl methyl sites for hydroxylation is 4. The molecule has 1 N–H and O–H groups in total. The summed E-state index contributed by atoms with van der Waals surface area (Å²) < 4.78 is 2.02. The van der Waals surface area contributed by atoms with Gasteiger partial charge in [-0.1, -0.05) is 18.2 Å². The van der Waals surface area contributed by atoms with Crippen LogP contribution < -0.4 is 5.32 Å². The van der Waals surface area contributed by atoms with E-state index in [9.17, 15) is 4.79 Å². The Hall–Kier alpha value is -2.82. The van der Waals surface area contributed by atoms with E-state index >= 15 is 0 Å². The first-order chi connectivity index (χ1) is 12.3. The first-order valence-corrected chi connectivity index (χ1v) is 8.77. The van der Waals surface area contributed by atoms with E-state index in [2.05, 4.69) is 37.4 Å². The first kappa shape index (κ1) is 18.0. The van der Waals surface area contributed by atoms with E-state index in [1.54, 1.807) is 19.0 Å². The normalized spacial score (nSPS) is 11.0. The summed E-state index contributed by atoms with van der Waals surface area (Å²) in [7, 11) is 5.51. The smallest absolute Gasteiger partial charge is 0.253 e. The van der Waals surface area contributed by atoms with Gasteiger partial charge in [0.25, 0.3) is 5.91 Å². The van der Waals surface area contributed by atoms with Gasteiger partial charge >= 0.3 is 0 Å². The summed E-state index contributed by atoms with van der Waals surface area (Å²) in [6.07, 6.45) is 0. The van der Waals surface area contributed by atoms with Crippen molar-refractivity contribution in [3.05, 3.63) is 58.4 Å². The SMILES string of the molecule is Cc1cccc(C)c1CNc1cc(C(=O)N(C)C)cc2c1nc(C)n2C. The van der Waals surface area contributed by atoms with E-state index in [0.717, 1.165) is 22.5 Å². The van der Waals surface area contributed by atoms with Crippen molar-refractivity contribution in [2.45, 2.75) is 27.3 Å². The number of amides is 1. The van der Waals surface area contributed by atoms with Gasteiger partial charge in [0.15, 0.2) is 0 Å². The molecule has 0 bridgehead atoms. The summed E-state index contributed by atoms with van der Waals surface area (Å²) in [5, 5.41) is 3.51. The lowest BCUT2D eigenvalue weighted by atomic mass is 10.0. The summed E-state index contributed by atoms with van der Waals surface area (Å²) >= 11 is 0. The zero-order valence-corrected chi connectivity index (χ0v) is 16.3. The third-order valence-electron chi connectivity index (χ3n) is 4.96. The Balaban J connectivity index is 2.06. The third-order valence-corrected chi connectivity index (χ3v) is 4.96. The highest BCUT2D eigenvalue weighted by Gasteiger charge is 2.16. The van der Waals surface area contributed by atoms with Crippen LogP contribution in [0.1, 0.15) is 32.9 Å². The summed E-state index contributed by atoms with van der Waals surface area (Å²) in [5.41, 5.74) is 7.19. The number of nitrogens with one attached hydrogen (secondary N) is 1. The van der Waals surface area contributed by atoms with Crippen molar-refractivity contribution in [2.24, 2.45) is 7.05 Å². The van der Waals surface area contributed by atoms with Gasteiger partial charge in [-0.2, -0.15) is 0 Å². The second-order valence-corrected chi connectivity index (χ2v) is 7.03. The van der Waals surface area contributed by atoms with Gasteiger partial charge in [0.1, 0.15) is 11.3 Å². The van der Waals surface area contributed by atoms with Crippen LogP contribution in [0.15, 0.2) is 30.3 Å². The Morgan fingerprint density at radius 1 is 1.15 bits per heavy atom. The molecule has 26 heavy (non-hydrogen) atoms. The van der Waals surface area contributed by atoms with Crippen molar-refractivity contribution < 1.29 is 4.79 Å². The van der Waals surface area contributed by atoms with Gasteiger partial charge in [0.2, 0.25) is 0 Å². The topological polar surface area (TPSA) is 50.2 Å². The minimum absolute atomic E-state index is 0.0131. The maximum Gasteiger partial charge on any atom is 0.253 e. The molecule has 5 heteroatoms. The lowest BCUT2D eigenvalue weighted by Crippen LogP contribution is -2.21. The van der Waals surface area contributed by atoms with Crippen LogP contribution in [0, 0.1) is 20.8 Å². The van der Waals surface area contributed by atoms with Gasteiger partial charge < -0.3 is 14.8 Å². The van der Waals surface area contributed by atoms with Crippen LogP contribution >= 0.6 is 0 Å². The van der Waals surface area contributed by atoms with E-state index in [1.165, 1.54) is 16.7 Å². The van der Waals surface area contributed by atoms with Gasteiger partial charge in [-0.25, -0.2) is 4.98 Å². The molecule has 2 aromatic carbocycles. The summed E-state index contributed by atoms with van der Waals surface area (Å²) in [6.45, 7) is 6.92. The van der Waals surface area contributed by atoms with Gasteiger partial charge in [0, 0.05) is 33.3 Å². The Morgan fingerprint density at radius 2 is 1.81 bits per heavy atom. The second kappa shape index (κ2) is 6.83. The molecule has 3 rings (SSSR count). The molecular weight excluding hydrogens is 324 g/mol. The summed E-state index contributed by atoms with van der Waals surface area (Å²) in [4.78, 5) is 18.8. The van der Waals surface area contributed by atoms with Gasteiger partial charge in [-0.3, -0.25) is 4.79 Å². The number of rotatable bonds is 4. The molecule has 0 aliphatic heterocycles. The highest BCUT2D eigenvalue weighted by atomic mass is 16.2.